The van der Waals surface area contributed by atoms with Crippen LogP contribution >= 0.6 is 0 Å². The SMILES string of the molecule is Cc1cccc(S(=O)(=O)N(c2ccc3c(c2)OCO3)S(=O)(=O)c2ccc(F)c(F)c2)c1. The van der Waals surface area contributed by atoms with Crippen molar-refractivity contribution in [3.63, 3.8) is 0 Å². The molecule has 1 aliphatic heterocycles. The van der Waals surface area contributed by atoms with E-state index >= 15 is 0 Å². The monoisotopic (exact) mass is 467 g/mol. The number of halogens is 2. The third kappa shape index (κ3) is 3.70. The number of sulfonamides is 2. The normalized spacial score (nSPS) is 13.3. The van der Waals surface area contributed by atoms with E-state index in [0.29, 0.717) is 23.4 Å². The first-order valence-corrected chi connectivity index (χ1v) is 11.7. The first-order chi connectivity index (χ1) is 14.6. The van der Waals surface area contributed by atoms with Crippen molar-refractivity contribution in [2.45, 2.75) is 16.7 Å². The van der Waals surface area contributed by atoms with Gasteiger partial charge >= 0.3 is 0 Å². The van der Waals surface area contributed by atoms with Crippen molar-refractivity contribution in [2.24, 2.45) is 0 Å². The molecule has 0 saturated carbocycles. The molecule has 0 saturated heterocycles. The van der Waals surface area contributed by atoms with Crippen LogP contribution in [-0.4, -0.2) is 23.6 Å². The van der Waals surface area contributed by atoms with E-state index in [1.807, 2.05) is 0 Å². The highest BCUT2D eigenvalue weighted by atomic mass is 32.3. The topological polar surface area (TPSA) is 90.0 Å². The number of fused-ring (bicyclic) bond motifs is 1. The molecule has 1 heterocycles. The number of aryl methyl sites for hydroxylation is 1. The van der Waals surface area contributed by atoms with Gasteiger partial charge in [-0.1, -0.05) is 12.1 Å². The molecule has 0 bridgehead atoms. The Balaban J connectivity index is 1.96. The van der Waals surface area contributed by atoms with Gasteiger partial charge < -0.3 is 9.47 Å². The predicted molar refractivity (Wildman–Crippen MR) is 107 cm³/mol. The van der Waals surface area contributed by atoms with E-state index in [1.165, 1.54) is 36.4 Å². The van der Waals surface area contributed by atoms with E-state index in [2.05, 4.69) is 0 Å². The third-order valence-corrected chi connectivity index (χ3v) is 8.65. The van der Waals surface area contributed by atoms with Crippen molar-refractivity contribution >= 4 is 25.7 Å². The molecule has 0 fully saturated rings. The van der Waals surface area contributed by atoms with E-state index < -0.39 is 36.6 Å². The van der Waals surface area contributed by atoms with Crippen LogP contribution < -0.4 is 13.2 Å². The highest BCUT2D eigenvalue weighted by molar-refractivity contribution is 8.10. The molecular formula is C20H15F2NO6S2. The van der Waals surface area contributed by atoms with Crippen LogP contribution in [0.25, 0.3) is 0 Å². The summed E-state index contributed by atoms with van der Waals surface area (Å²) in [6.07, 6.45) is 0. The summed E-state index contributed by atoms with van der Waals surface area (Å²) in [5.74, 6) is -2.25. The largest absolute Gasteiger partial charge is 0.454 e. The minimum atomic E-state index is -4.89. The molecule has 11 heteroatoms. The molecule has 0 aromatic heterocycles. The van der Waals surface area contributed by atoms with E-state index in [4.69, 9.17) is 9.47 Å². The fourth-order valence-corrected chi connectivity index (χ4v) is 6.80. The van der Waals surface area contributed by atoms with Gasteiger partial charge in [0.15, 0.2) is 23.1 Å². The first-order valence-electron chi connectivity index (χ1n) is 8.82. The molecule has 3 aromatic carbocycles. The Kier molecular flexibility index (Phi) is 5.10. The van der Waals surface area contributed by atoms with Crippen LogP contribution in [-0.2, 0) is 20.0 Å². The van der Waals surface area contributed by atoms with Gasteiger partial charge in [-0.15, -0.1) is 0 Å². The first kappa shape index (κ1) is 21.1. The molecule has 0 atom stereocenters. The fourth-order valence-electron chi connectivity index (χ4n) is 3.01. The number of benzene rings is 3. The van der Waals surface area contributed by atoms with Crippen molar-refractivity contribution in [2.75, 3.05) is 10.5 Å². The van der Waals surface area contributed by atoms with E-state index in [0.717, 1.165) is 6.07 Å². The molecule has 0 aliphatic carbocycles. The minimum Gasteiger partial charge on any atom is -0.454 e. The molecule has 0 amide bonds. The second kappa shape index (κ2) is 7.50. The molecule has 1 aliphatic rings. The second-order valence-corrected chi connectivity index (χ2v) is 10.4. The number of anilines is 1. The summed E-state index contributed by atoms with van der Waals surface area (Å²) in [5.41, 5.74) is 0.299. The summed E-state index contributed by atoms with van der Waals surface area (Å²) >= 11 is 0. The van der Waals surface area contributed by atoms with Gasteiger partial charge in [0, 0.05) is 6.07 Å². The van der Waals surface area contributed by atoms with Crippen molar-refractivity contribution < 1.29 is 35.1 Å². The lowest BCUT2D eigenvalue weighted by atomic mass is 10.2. The molecule has 4 rings (SSSR count). The molecule has 0 unspecified atom stereocenters. The molecule has 0 spiro atoms. The number of hydrogen-bond donors (Lipinski definition) is 0. The minimum absolute atomic E-state index is 0.112. The summed E-state index contributed by atoms with van der Waals surface area (Å²) in [6, 6.07) is 11.2. The number of hydrogen-bond acceptors (Lipinski definition) is 6. The van der Waals surface area contributed by atoms with E-state index in [-0.39, 0.29) is 26.8 Å². The van der Waals surface area contributed by atoms with Gasteiger partial charge in [0.05, 0.1) is 15.5 Å². The van der Waals surface area contributed by atoms with Crippen molar-refractivity contribution in [1.29, 1.82) is 0 Å². The van der Waals surface area contributed by atoms with Gasteiger partial charge in [0.25, 0.3) is 20.0 Å². The maximum Gasteiger partial charge on any atom is 0.277 e. The summed E-state index contributed by atoms with van der Waals surface area (Å²) in [4.78, 5) is -1.03. The van der Waals surface area contributed by atoms with Gasteiger partial charge in [0.2, 0.25) is 6.79 Å². The Hall–Kier alpha value is -3.18. The summed E-state index contributed by atoms with van der Waals surface area (Å²) < 4.78 is 91.4. The van der Waals surface area contributed by atoms with E-state index in [9.17, 15) is 25.6 Å². The zero-order valence-corrected chi connectivity index (χ0v) is 17.6. The van der Waals surface area contributed by atoms with E-state index in [1.54, 1.807) is 13.0 Å². The summed E-state index contributed by atoms with van der Waals surface area (Å²) in [7, 11) is -9.58. The second-order valence-electron chi connectivity index (χ2n) is 6.64. The van der Waals surface area contributed by atoms with Gasteiger partial charge in [-0.25, -0.2) is 25.6 Å². The number of ether oxygens (including phenoxy) is 2. The maximum atomic E-state index is 13.8. The van der Waals surface area contributed by atoms with Crippen LogP contribution in [0.4, 0.5) is 14.5 Å². The maximum absolute atomic E-state index is 13.8. The predicted octanol–water partition coefficient (Wildman–Crippen LogP) is 3.59. The number of rotatable bonds is 5. The molecule has 162 valence electrons. The highest BCUT2D eigenvalue weighted by Crippen LogP contribution is 2.39. The van der Waals surface area contributed by atoms with Gasteiger partial charge in [-0.05, 0) is 55.0 Å². The fraction of sp³-hybridized carbons (Fsp3) is 0.100. The number of nitrogens with zero attached hydrogens (tertiary/aromatic N) is 1. The van der Waals surface area contributed by atoms with Crippen molar-refractivity contribution in [3.05, 3.63) is 77.9 Å². The lowest BCUT2D eigenvalue weighted by molar-refractivity contribution is 0.174. The highest BCUT2D eigenvalue weighted by Gasteiger charge is 2.38. The molecular weight excluding hydrogens is 452 g/mol. The smallest absolute Gasteiger partial charge is 0.277 e. The Bertz CT molecular complexity index is 1390. The van der Waals surface area contributed by atoms with Crippen LogP contribution in [0.5, 0.6) is 11.5 Å². The Morgan fingerprint density at radius 3 is 2.13 bits per heavy atom. The average molecular weight is 467 g/mol. The molecule has 31 heavy (non-hydrogen) atoms. The standard InChI is InChI=1S/C20H15F2NO6S2/c1-13-3-2-4-15(9-13)30(24,25)23(14-5-8-19-20(10-14)29-12-28-19)31(26,27)16-6-7-17(21)18(22)11-16/h2-11H,12H2,1H3. The van der Waals surface area contributed by atoms with Gasteiger partial charge in [-0.3, -0.25) is 0 Å². The Labute approximate surface area is 177 Å². The Morgan fingerprint density at radius 2 is 1.45 bits per heavy atom. The van der Waals surface area contributed by atoms with Crippen LogP contribution in [0.2, 0.25) is 0 Å². The van der Waals surface area contributed by atoms with Crippen LogP contribution in [0.15, 0.2) is 70.5 Å². The van der Waals surface area contributed by atoms with Crippen LogP contribution in [0, 0.1) is 18.6 Å². The van der Waals surface area contributed by atoms with Gasteiger partial charge in [-0.2, -0.15) is 3.71 Å². The third-order valence-electron chi connectivity index (χ3n) is 4.48. The zero-order chi connectivity index (χ0) is 22.4. The van der Waals surface area contributed by atoms with Gasteiger partial charge in [0.1, 0.15) is 0 Å². The lowest BCUT2D eigenvalue weighted by Crippen LogP contribution is -2.37. The summed E-state index contributed by atoms with van der Waals surface area (Å²) in [5, 5.41) is 0. The van der Waals surface area contributed by atoms with Crippen molar-refractivity contribution in [1.82, 2.24) is 0 Å². The quantitative estimate of drug-likeness (QED) is 0.570. The van der Waals surface area contributed by atoms with Crippen molar-refractivity contribution in [3.8, 4) is 11.5 Å². The summed E-state index contributed by atoms with van der Waals surface area (Å²) in [6.45, 7) is 1.53. The Morgan fingerprint density at radius 1 is 0.774 bits per heavy atom. The molecule has 3 aromatic rings. The molecule has 7 nitrogen and oxygen atoms in total. The van der Waals surface area contributed by atoms with Crippen LogP contribution in [0.1, 0.15) is 5.56 Å². The average Bonchev–Trinajstić information content (AvgIpc) is 3.17. The molecule has 0 N–H and O–H groups in total. The lowest BCUT2D eigenvalue weighted by Gasteiger charge is -2.24. The zero-order valence-electron chi connectivity index (χ0n) is 15.9. The molecule has 0 radical (unpaired) electrons. The van der Waals surface area contributed by atoms with Crippen LogP contribution in [0.3, 0.4) is 0 Å².